The van der Waals surface area contributed by atoms with Crippen LogP contribution in [0.5, 0.6) is 0 Å². The number of fused-ring (bicyclic) bond motifs is 4. The molecular formula is C17H27N5OS. The number of rotatable bonds is 3. The van der Waals surface area contributed by atoms with Gasteiger partial charge in [-0.15, -0.1) is 11.8 Å². The van der Waals surface area contributed by atoms with Gasteiger partial charge in [0.25, 0.3) is 0 Å². The first-order valence-electron chi connectivity index (χ1n) is 8.65. The highest BCUT2D eigenvalue weighted by molar-refractivity contribution is 8.00. The van der Waals surface area contributed by atoms with Crippen molar-refractivity contribution in [2.75, 3.05) is 22.1 Å². The van der Waals surface area contributed by atoms with E-state index in [1.165, 1.54) is 6.42 Å². The van der Waals surface area contributed by atoms with E-state index >= 15 is 0 Å². The number of nitrogens with one attached hydrogen (secondary N) is 2. The van der Waals surface area contributed by atoms with Gasteiger partial charge in [0.2, 0.25) is 11.9 Å². The first kappa shape index (κ1) is 17.3. The molecule has 7 heteroatoms. The Morgan fingerprint density at radius 2 is 2.21 bits per heavy atom. The van der Waals surface area contributed by atoms with Crippen molar-refractivity contribution < 1.29 is 4.79 Å². The number of carbonyl (C=O) groups is 1. The molecule has 6 nitrogen and oxygen atoms in total. The predicted molar refractivity (Wildman–Crippen MR) is 100 cm³/mol. The summed E-state index contributed by atoms with van der Waals surface area (Å²) in [5.41, 5.74) is 6.75. The fourth-order valence-corrected chi connectivity index (χ4v) is 4.91. The normalized spacial score (nSPS) is 25.6. The van der Waals surface area contributed by atoms with Crippen LogP contribution in [0.25, 0.3) is 0 Å². The van der Waals surface area contributed by atoms with Crippen LogP contribution in [-0.4, -0.2) is 26.5 Å². The Kier molecular flexibility index (Phi) is 4.40. The lowest BCUT2D eigenvalue weighted by atomic mass is 9.78. The Morgan fingerprint density at radius 3 is 2.88 bits per heavy atom. The van der Waals surface area contributed by atoms with Gasteiger partial charge in [-0.3, -0.25) is 10.1 Å². The number of nitrogens with zero attached hydrogens (tertiary/aromatic N) is 2. The Hall–Kier alpha value is -1.50. The molecule has 1 aromatic heterocycles. The van der Waals surface area contributed by atoms with E-state index in [1.807, 2.05) is 32.5 Å². The number of nitrogen functional groups attached to an aromatic ring is 1. The monoisotopic (exact) mass is 349 g/mol. The summed E-state index contributed by atoms with van der Waals surface area (Å²) in [4.78, 5) is 21.2. The van der Waals surface area contributed by atoms with Crippen LogP contribution < -0.4 is 16.4 Å². The highest BCUT2D eigenvalue weighted by atomic mass is 32.2. The van der Waals surface area contributed by atoms with Crippen LogP contribution in [0.15, 0.2) is 0 Å². The lowest BCUT2D eigenvalue weighted by molar-refractivity contribution is -0.123. The number of carbonyl (C=O) groups excluding carboxylic acids is 1. The zero-order valence-electron chi connectivity index (χ0n) is 14.9. The van der Waals surface area contributed by atoms with E-state index in [1.54, 1.807) is 0 Å². The predicted octanol–water partition coefficient (Wildman–Crippen LogP) is 3.58. The number of hydrogen-bond donors (Lipinski definition) is 3. The van der Waals surface area contributed by atoms with Gasteiger partial charge < -0.3 is 11.1 Å². The minimum atomic E-state index is -0.503. The number of nitrogens with two attached hydrogens (primary N) is 1. The van der Waals surface area contributed by atoms with Gasteiger partial charge >= 0.3 is 0 Å². The summed E-state index contributed by atoms with van der Waals surface area (Å²) in [5, 5.41) is 6.41. The second kappa shape index (κ2) is 6.10. The van der Waals surface area contributed by atoms with Crippen LogP contribution in [0.1, 0.15) is 64.9 Å². The van der Waals surface area contributed by atoms with Gasteiger partial charge in [-0.2, -0.15) is 9.97 Å². The summed E-state index contributed by atoms with van der Waals surface area (Å²) in [5.74, 6) is 2.91. The van der Waals surface area contributed by atoms with Crippen LogP contribution in [0, 0.1) is 5.41 Å². The highest BCUT2D eigenvalue weighted by Crippen LogP contribution is 2.52. The van der Waals surface area contributed by atoms with Gasteiger partial charge in [0, 0.05) is 11.0 Å². The van der Waals surface area contributed by atoms with Crippen molar-refractivity contribution in [3.05, 3.63) is 5.56 Å². The molecule has 132 valence electrons. The molecule has 1 aliphatic heterocycles. The summed E-state index contributed by atoms with van der Waals surface area (Å²) in [6, 6.07) is 0. The molecule has 2 aliphatic rings. The molecule has 0 unspecified atom stereocenters. The number of anilines is 3. The zero-order chi connectivity index (χ0) is 17.5. The molecule has 0 aromatic carbocycles. The molecule has 0 radical (unpaired) electrons. The first-order valence-corrected chi connectivity index (χ1v) is 9.64. The highest BCUT2D eigenvalue weighted by Gasteiger charge is 2.43. The minimum Gasteiger partial charge on any atom is -0.383 e. The average molecular weight is 350 g/mol. The molecule has 0 spiro atoms. The second-order valence-electron chi connectivity index (χ2n) is 7.74. The number of thioether (sulfide) groups is 1. The van der Waals surface area contributed by atoms with Gasteiger partial charge in [-0.05, 0) is 37.4 Å². The molecule has 2 atom stereocenters. The number of hydrogen-bond acceptors (Lipinski definition) is 6. The van der Waals surface area contributed by atoms with Crippen molar-refractivity contribution in [2.24, 2.45) is 5.41 Å². The Bertz CT molecular complexity index is 653. The third kappa shape index (κ3) is 3.18. The second-order valence-corrected chi connectivity index (χ2v) is 9.39. The molecule has 1 aromatic rings. The van der Waals surface area contributed by atoms with E-state index in [4.69, 9.17) is 5.73 Å². The quantitative estimate of drug-likeness (QED) is 0.772. The molecule has 1 saturated carbocycles. The zero-order valence-corrected chi connectivity index (χ0v) is 15.7. The molecule has 24 heavy (non-hydrogen) atoms. The number of amides is 1. The lowest BCUT2D eigenvalue weighted by Gasteiger charge is -2.46. The van der Waals surface area contributed by atoms with Gasteiger partial charge in [-0.1, -0.05) is 27.7 Å². The fourth-order valence-electron chi connectivity index (χ4n) is 3.58. The van der Waals surface area contributed by atoms with E-state index in [0.29, 0.717) is 11.7 Å². The molecule has 1 fully saturated rings. The minimum absolute atomic E-state index is 0.0385. The van der Waals surface area contributed by atoms with Gasteiger partial charge in [0.05, 0.1) is 4.87 Å². The lowest BCUT2D eigenvalue weighted by Crippen LogP contribution is -2.44. The van der Waals surface area contributed by atoms with Crippen molar-refractivity contribution in [3.63, 3.8) is 0 Å². The van der Waals surface area contributed by atoms with Crippen molar-refractivity contribution in [3.8, 4) is 0 Å². The van der Waals surface area contributed by atoms with E-state index in [2.05, 4.69) is 27.5 Å². The van der Waals surface area contributed by atoms with Gasteiger partial charge in [0.1, 0.15) is 11.6 Å². The van der Waals surface area contributed by atoms with Crippen molar-refractivity contribution >= 4 is 35.3 Å². The topological polar surface area (TPSA) is 92.9 Å². The third-order valence-corrected chi connectivity index (χ3v) is 6.08. The van der Waals surface area contributed by atoms with Crippen LogP contribution in [-0.2, 0) is 4.79 Å². The summed E-state index contributed by atoms with van der Waals surface area (Å²) in [6.45, 7) is 7.77. The maximum Gasteiger partial charge on any atom is 0.233 e. The van der Waals surface area contributed by atoms with Gasteiger partial charge in [-0.25, -0.2) is 0 Å². The molecule has 3 rings (SSSR count). The van der Waals surface area contributed by atoms with Crippen molar-refractivity contribution in [2.45, 2.75) is 64.2 Å². The van der Waals surface area contributed by atoms with Crippen LogP contribution in [0.3, 0.4) is 0 Å². The maximum atomic E-state index is 12.2. The maximum absolute atomic E-state index is 12.2. The van der Waals surface area contributed by atoms with Crippen LogP contribution in [0.4, 0.5) is 17.6 Å². The van der Waals surface area contributed by atoms with E-state index < -0.39 is 5.41 Å². The molecule has 1 aliphatic carbocycles. The van der Waals surface area contributed by atoms with Gasteiger partial charge in [0.15, 0.2) is 0 Å². The molecule has 2 bridgehead atoms. The van der Waals surface area contributed by atoms with E-state index in [9.17, 15) is 4.79 Å². The molecule has 4 N–H and O–H groups in total. The molecule has 0 saturated heterocycles. The van der Waals surface area contributed by atoms with E-state index in [0.717, 1.165) is 36.4 Å². The Morgan fingerprint density at radius 1 is 1.46 bits per heavy atom. The van der Waals surface area contributed by atoms with Crippen molar-refractivity contribution in [1.82, 2.24) is 9.97 Å². The number of aromatic nitrogens is 2. The third-order valence-electron chi connectivity index (χ3n) is 4.77. The van der Waals surface area contributed by atoms with Crippen molar-refractivity contribution in [1.29, 1.82) is 0 Å². The summed E-state index contributed by atoms with van der Waals surface area (Å²) in [7, 11) is 0. The smallest absolute Gasteiger partial charge is 0.233 e. The summed E-state index contributed by atoms with van der Waals surface area (Å²) >= 11 is 1.95. The average Bonchev–Trinajstić information content (AvgIpc) is 2.45. The SMILES string of the molecule is CCS[C@]12CCC[C@H](C1)c1c(N)nc(NC(=O)C(C)(C)C)nc1N2. The fraction of sp³-hybridized carbons (Fsp3) is 0.706. The molecule has 1 amide bonds. The van der Waals surface area contributed by atoms with Crippen LogP contribution >= 0.6 is 11.8 Å². The van der Waals surface area contributed by atoms with Crippen LogP contribution in [0.2, 0.25) is 0 Å². The first-order chi connectivity index (χ1) is 11.2. The van der Waals surface area contributed by atoms with E-state index in [-0.39, 0.29) is 16.7 Å². The summed E-state index contributed by atoms with van der Waals surface area (Å²) < 4.78 is 0. The Balaban J connectivity index is 1.94. The molecular weight excluding hydrogens is 322 g/mol. The standard InChI is InChI=1S/C17H27N5OS/c1-5-24-17-8-6-7-10(9-17)11-12(18)19-15(20-13(11)22-17)21-14(23)16(2,3)4/h10H,5-9H2,1-4H3,(H4,18,19,20,21,22,23)/t10-,17-/m1/s1. The largest absolute Gasteiger partial charge is 0.383 e. The Labute approximate surface area is 147 Å². The summed E-state index contributed by atoms with van der Waals surface area (Å²) in [6.07, 6.45) is 4.52. The molecule has 2 heterocycles.